The standard InChI is InChI=1S/C13H13ClN4S/c1-4-9-5-6-10(19-9)12-16-17-13-11(14)15-7(2)8(3)18(12)13/h5-6H,4H2,1-3H3. The van der Waals surface area contributed by atoms with Gasteiger partial charge in [-0.1, -0.05) is 18.5 Å². The molecule has 0 aliphatic heterocycles. The second-order valence-electron chi connectivity index (χ2n) is 4.38. The molecule has 0 unspecified atom stereocenters. The highest BCUT2D eigenvalue weighted by Crippen LogP contribution is 2.29. The lowest BCUT2D eigenvalue weighted by atomic mass is 10.3. The maximum Gasteiger partial charge on any atom is 0.199 e. The highest BCUT2D eigenvalue weighted by Gasteiger charge is 2.16. The molecule has 0 aliphatic rings. The summed E-state index contributed by atoms with van der Waals surface area (Å²) in [6.07, 6.45) is 1.03. The first-order valence-corrected chi connectivity index (χ1v) is 7.28. The van der Waals surface area contributed by atoms with E-state index in [0.29, 0.717) is 10.8 Å². The SMILES string of the molecule is CCc1ccc(-c2nnc3c(Cl)nc(C)c(C)n23)s1. The molecule has 3 aromatic heterocycles. The molecule has 0 saturated heterocycles. The zero-order valence-electron chi connectivity index (χ0n) is 10.9. The maximum atomic E-state index is 6.14. The van der Waals surface area contributed by atoms with Crippen LogP contribution >= 0.6 is 22.9 Å². The molecule has 19 heavy (non-hydrogen) atoms. The summed E-state index contributed by atoms with van der Waals surface area (Å²) in [4.78, 5) is 6.72. The van der Waals surface area contributed by atoms with Crippen LogP contribution in [0.1, 0.15) is 23.2 Å². The van der Waals surface area contributed by atoms with Crippen molar-refractivity contribution in [3.8, 4) is 10.7 Å². The number of fused-ring (bicyclic) bond motifs is 1. The molecule has 6 heteroatoms. The summed E-state index contributed by atoms with van der Waals surface area (Å²) in [7, 11) is 0. The van der Waals surface area contributed by atoms with E-state index in [1.54, 1.807) is 11.3 Å². The Kier molecular flexibility index (Phi) is 3.03. The number of rotatable bonds is 2. The average Bonchev–Trinajstić information content (AvgIpc) is 3.02. The van der Waals surface area contributed by atoms with Crippen LogP contribution < -0.4 is 0 Å². The van der Waals surface area contributed by atoms with Crippen LogP contribution in [0.15, 0.2) is 12.1 Å². The molecular formula is C13H13ClN4S. The van der Waals surface area contributed by atoms with E-state index in [2.05, 4.69) is 34.2 Å². The number of hydrogen-bond donors (Lipinski definition) is 0. The van der Waals surface area contributed by atoms with Crippen molar-refractivity contribution in [2.45, 2.75) is 27.2 Å². The van der Waals surface area contributed by atoms with Crippen molar-refractivity contribution in [3.05, 3.63) is 33.6 Å². The second kappa shape index (κ2) is 4.58. The van der Waals surface area contributed by atoms with E-state index in [0.717, 1.165) is 28.5 Å². The lowest BCUT2D eigenvalue weighted by Crippen LogP contribution is -2.00. The van der Waals surface area contributed by atoms with Gasteiger partial charge < -0.3 is 0 Å². The van der Waals surface area contributed by atoms with E-state index in [1.807, 2.05) is 18.2 Å². The van der Waals surface area contributed by atoms with Gasteiger partial charge in [0.1, 0.15) is 0 Å². The van der Waals surface area contributed by atoms with E-state index in [-0.39, 0.29) is 0 Å². The molecule has 0 spiro atoms. The summed E-state index contributed by atoms with van der Waals surface area (Å²) in [6.45, 7) is 6.09. The Morgan fingerprint density at radius 1 is 1.26 bits per heavy atom. The zero-order valence-corrected chi connectivity index (χ0v) is 12.5. The minimum absolute atomic E-state index is 0.397. The third-order valence-corrected chi connectivity index (χ3v) is 4.68. The quantitative estimate of drug-likeness (QED) is 0.723. The number of aromatic nitrogens is 4. The molecule has 98 valence electrons. The van der Waals surface area contributed by atoms with Gasteiger partial charge in [0.2, 0.25) is 0 Å². The Labute approximate surface area is 120 Å². The molecule has 0 radical (unpaired) electrons. The summed E-state index contributed by atoms with van der Waals surface area (Å²) in [5, 5.41) is 8.83. The van der Waals surface area contributed by atoms with Gasteiger partial charge in [0, 0.05) is 10.6 Å². The molecule has 0 N–H and O–H groups in total. The van der Waals surface area contributed by atoms with Crippen LogP contribution in [0.4, 0.5) is 0 Å². The first kappa shape index (κ1) is 12.6. The summed E-state index contributed by atoms with van der Waals surface area (Å²) in [5.41, 5.74) is 2.53. The molecule has 0 aliphatic carbocycles. The topological polar surface area (TPSA) is 43.1 Å². The molecule has 0 amide bonds. The summed E-state index contributed by atoms with van der Waals surface area (Å²) in [6, 6.07) is 4.22. The number of thiophene rings is 1. The van der Waals surface area contributed by atoms with E-state index in [9.17, 15) is 0 Å². The second-order valence-corrected chi connectivity index (χ2v) is 5.90. The Bertz CT molecular complexity index is 759. The monoisotopic (exact) mass is 292 g/mol. The largest absolute Gasteiger partial charge is 0.275 e. The predicted molar refractivity (Wildman–Crippen MR) is 78.0 cm³/mol. The van der Waals surface area contributed by atoms with Crippen molar-refractivity contribution in [2.75, 3.05) is 0 Å². The van der Waals surface area contributed by atoms with Crippen LogP contribution in [-0.2, 0) is 6.42 Å². The Balaban J connectivity index is 2.30. The van der Waals surface area contributed by atoms with E-state index in [1.165, 1.54) is 4.88 Å². The average molecular weight is 293 g/mol. The molecule has 3 aromatic rings. The fraction of sp³-hybridized carbons (Fsp3) is 0.308. The highest BCUT2D eigenvalue weighted by molar-refractivity contribution is 7.15. The van der Waals surface area contributed by atoms with Gasteiger partial charge in [0.15, 0.2) is 16.6 Å². The summed E-state index contributed by atoms with van der Waals surface area (Å²) in [5.74, 6) is 0.838. The highest BCUT2D eigenvalue weighted by atomic mass is 35.5. The van der Waals surface area contributed by atoms with Crippen LogP contribution in [0.3, 0.4) is 0 Å². The van der Waals surface area contributed by atoms with Crippen LogP contribution in [0.2, 0.25) is 5.15 Å². The van der Waals surface area contributed by atoms with E-state index in [4.69, 9.17) is 11.6 Å². The van der Waals surface area contributed by atoms with E-state index >= 15 is 0 Å². The first-order valence-electron chi connectivity index (χ1n) is 6.08. The Morgan fingerprint density at radius 2 is 2.05 bits per heavy atom. The fourth-order valence-corrected chi connectivity index (χ4v) is 3.19. The van der Waals surface area contributed by atoms with Crippen molar-refractivity contribution in [3.63, 3.8) is 0 Å². The molecule has 0 fully saturated rings. The predicted octanol–water partition coefficient (Wildman–Crippen LogP) is 3.69. The summed E-state index contributed by atoms with van der Waals surface area (Å²) >= 11 is 7.88. The molecule has 3 heterocycles. The third kappa shape index (κ3) is 1.93. The van der Waals surface area contributed by atoms with Gasteiger partial charge in [0.05, 0.1) is 10.6 Å². The maximum absolute atomic E-state index is 6.14. The van der Waals surface area contributed by atoms with Gasteiger partial charge in [-0.15, -0.1) is 21.5 Å². The van der Waals surface area contributed by atoms with Crippen molar-refractivity contribution >= 4 is 28.6 Å². The third-order valence-electron chi connectivity index (χ3n) is 3.20. The zero-order chi connectivity index (χ0) is 13.6. The van der Waals surface area contributed by atoms with Crippen molar-refractivity contribution in [2.24, 2.45) is 0 Å². The van der Waals surface area contributed by atoms with Gasteiger partial charge in [-0.2, -0.15) is 0 Å². The van der Waals surface area contributed by atoms with Gasteiger partial charge in [-0.25, -0.2) is 4.98 Å². The van der Waals surface area contributed by atoms with Crippen LogP contribution in [0.25, 0.3) is 16.3 Å². The molecular weight excluding hydrogens is 280 g/mol. The van der Waals surface area contributed by atoms with Gasteiger partial charge >= 0.3 is 0 Å². The molecule has 4 nitrogen and oxygen atoms in total. The van der Waals surface area contributed by atoms with Crippen LogP contribution in [-0.4, -0.2) is 19.6 Å². The molecule has 0 bridgehead atoms. The Morgan fingerprint density at radius 3 is 2.74 bits per heavy atom. The number of hydrogen-bond acceptors (Lipinski definition) is 4. The van der Waals surface area contributed by atoms with Crippen LogP contribution in [0.5, 0.6) is 0 Å². The Hall–Kier alpha value is -1.46. The minimum Gasteiger partial charge on any atom is -0.275 e. The molecule has 3 rings (SSSR count). The van der Waals surface area contributed by atoms with Gasteiger partial charge in [-0.05, 0) is 32.4 Å². The van der Waals surface area contributed by atoms with Crippen molar-refractivity contribution in [1.82, 2.24) is 19.6 Å². The van der Waals surface area contributed by atoms with Gasteiger partial charge in [-0.3, -0.25) is 4.40 Å². The lowest BCUT2D eigenvalue weighted by Gasteiger charge is -2.06. The first-order chi connectivity index (χ1) is 9.11. The molecule has 0 aromatic carbocycles. The normalized spacial score (nSPS) is 11.4. The number of halogens is 1. The smallest absolute Gasteiger partial charge is 0.199 e. The molecule has 0 atom stereocenters. The van der Waals surface area contributed by atoms with Gasteiger partial charge in [0.25, 0.3) is 0 Å². The van der Waals surface area contributed by atoms with Crippen LogP contribution in [0, 0.1) is 13.8 Å². The van der Waals surface area contributed by atoms with E-state index < -0.39 is 0 Å². The fourth-order valence-electron chi connectivity index (χ4n) is 2.02. The number of aryl methyl sites for hydroxylation is 3. The molecule has 0 saturated carbocycles. The van der Waals surface area contributed by atoms with Crippen molar-refractivity contribution < 1.29 is 0 Å². The minimum atomic E-state index is 0.397. The summed E-state index contributed by atoms with van der Waals surface area (Å²) < 4.78 is 1.98. The number of nitrogens with zero attached hydrogens (tertiary/aromatic N) is 4. The lowest BCUT2D eigenvalue weighted by molar-refractivity contribution is 1.00. The van der Waals surface area contributed by atoms with Crippen molar-refractivity contribution in [1.29, 1.82) is 0 Å².